The molecule has 0 saturated carbocycles. The number of benzene rings is 2. The van der Waals surface area contributed by atoms with Crippen molar-refractivity contribution in [3.63, 3.8) is 0 Å². The molecule has 2 saturated heterocycles. The normalized spacial score (nSPS) is 20.8. The van der Waals surface area contributed by atoms with E-state index >= 15 is 0 Å². The smallest absolute Gasteiger partial charge is 0.339 e. The number of hydrogen-bond donors (Lipinski definition) is 2. The molecule has 2 aliphatic rings. The van der Waals surface area contributed by atoms with Crippen LogP contribution in [-0.2, 0) is 20.8 Å². The average molecular weight is 475 g/mol. The van der Waals surface area contributed by atoms with Crippen LogP contribution in [0, 0.1) is 5.92 Å². The molecule has 5 amide bonds. The topological polar surface area (TPSA) is 98.8 Å². The monoisotopic (exact) mass is 474 g/mol. The zero-order chi connectivity index (χ0) is 24.8. The SMILES string of the molecule is CC1(CCc2ccccc2)NC(=O)N(NC(=O)C2CCN(C(=O)/C=C/c3ccccc3)CC2)C1=O. The number of amides is 5. The van der Waals surface area contributed by atoms with Gasteiger partial charge in [-0.05, 0) is 49.8 Å². The number of carbonyl (C=O) groups is 4. The highest BCUT2D eigenvalue weighted by Gasteiger charge is 2.48. The Hall–Kier alpha value is -3.94. The van der Waals surface area contributed by atoms with Gasteiger partial charge >= 0.3 is 6.03 Å². The molecule has 2 aliphatic heterocycles. The van der Waals surface area contributed by atoms with Crippen LogP contribution in [-0.4, -0.2) is 52.3 Å². The van der Waals surface area contributed by atoms with Crippen LogP contribution in [0.4, 0.5) is 4.79 Å². The van der Waals surface area contributed by atoms with Gasteiger partial charge in [-0.3, -0.25) is 19.8 Å². The highest BCUT2D eigenvalue weighted by atomic mass is 16.2. The molecule has 2 aromatic rings. The minimum atomic E-state index is -1.08. The number of rotatable bonds is 7. The molecule has 0 radical (unpaired) electrons. The van der Waals surface area contributed by atoms with Gasteiger partial charge in [-0.25, -0.2) is 4.79 Å². The molecule has 0 bridgehead atoms. The first kappa shape index (κ1) is 24.2. The number of hydrogen-bond acceptors (Lipinski definition) is 4. The average Bonchev–Trinajstić information content (AvgIpc) is 3.10. The summed E-state index contributed by atoms with van der Waals surface area (Å²) in [6.45, 7) is 2.55. The summed E-state index contributed by atoms with van der Waals surface area (Å²) in [7, 11) is 0. The van der Waals surface area contributed by atoms with Crippen LogP contribution >= 0.6 is 0 Å². The summed E-state index contributed by atoms with van der Waals surface area (Å²) >= 11 is 0. The van der Waals surface area contributed by atoms with E-state index in [0.29, 0.717) is 38.8 Å². The van der Waals surface area contributed by atoms with Gasteiger partial charge in [-0.15, -0.1) is 0 Å². The fraction of sp³-hybridized carbons (Fsp3) is 0.333. The first-order valence-electron chi connectivity index (χ1n) is 11.9. The number of hydrazine groups is 1. The number of imide groups is 1. The van der Waals surface area contributed by atoms with Gasteiger partial charge in [0.2, 0.25) is 11.8 Å². The highest BCUT2D eigenvalue weighted by Crippen LogP contribution is 2.24. The van der Waals surface area contributed by atoms with Crippen LogP contribution in [0.1, 0.15) is 37.3 Å². The summed E-state index contributed by atoms with van der Waals surface area (Å²) in [6, 6.07) is 18.7. The number of likely N-dealkylation sites (tertiary alicyclic amines) is 1. The molecule has 2 N–H and O–H groups in total. The second kappa shape index (κ2) is 10.5. The van der Waals surface area contributed by atoms with Gasteiger partial charge in [0.25, 0.3) is 5.91 Å². The van der Waals surface area contributed by atoms with Crippen molar-refractivity contribution in [2.75, 3.05) is 13.1 Å². The third-order valence-electron chi connectivity index (χ3n) is 6.63. The number of carbonyl (C=O) groups excluding carboxylic acids is 4. The van der Waals surface area contributed by atoms with Crippen LogP contribution in [0.25, 0.3) is 6.08 Å². The zero-order valence-electron chi connectivity index (χ0n) is 19.8. The predicted octanol–water partition coefficient (Wildman–Crippen LogP) is 2.91. The molecule has 8 nitrogen and oxygen atoms in total. The van der Waals surface area contributed by atoms with Crippen LogP contribution in [0.3, 0.4) is 0 Å². The first-order chi connectivity index (χ1) is 16.9. The molecule has 0 spiro atoms. The summed E-state index contributed by atoms with van der Waals surface area (Å²) in [6.07, 6.45) is 5.28. The lowest BCUT2D eigenvalue weighted by atomic mass is 9.93. The lowest BCUT2D eigenvalue weighted by Gasteiger charge is -2.31. The van der Waals surface area contributed by atoms with Gasteiger partial charge in [-0.1, -0.05) is 60.7 Å². The summed E-state index contributed by atoms with van der Waals surface area (Å²) in [4.78, 5) is 52.5. The second-order valence-electron chi connectivity index (χ2n) is 9.21. The van der Waals surface area contributed by atoms with E-state index in [4.69, 9.17) is 0 Å². The van der Waals surface area contributed by atoms with E-state index in [1.165, 1.54) is 0 Å². The largest absolute Gasteiger partial charge is 0.344 e. The number of nitrogens with one attached hydrogen (secondary N) is 2. The Morgan fingerprint density at radius 1 is 1.03 bits per heavy atom. The maximum Gasteiger partial charge on any atom is 0.344 e. The Morgan fingerprint density at radius 2 is 1.66 bits per heavy atom. The Kier molecular flexibility index (Phi) is 7.29. The molecule has 8 heteroatoms. The van der Waals surface area contributed by atoms with Crippen molar-refractivity contribution in [1.82, 2.24) is 20.7 Å². The van der Waals surface area contributed by atoms with Crippen LogP contribution in [0.5, 0.6) is 0 Å². The summed E-state index contributed by atoms with van der Waals surface area (Å²) in [5, 5.41) is 3.52. The second-order valence-corrected chi connectivity index (χ2v) is 9.21. The zero-order valence-corrected chi connectivity index (χ0v) is 19.8. The van der Waals surface area contributed by atoms with Crippen LogP contribution in [0.2, 0.25) is 0 Å². The van der Waals surface area contributed by atoms with Crippen molar-refractivity contribution in [2.24, 2.45) is 5.92 Å². The molecular formula is C27H30N4O4. The van der Waals surface area contributed by atoms with E-state index in [9.17, 15) is 19.2 Å². The molecule has 0 aromatic heterocycles. The van der Waals surface area contributed by atoms with Gasteiger partial charge in [0.15, 0.2) is 0 Å². The third kappa shape index (κ3) is 5.77. The standard InChI is InChI=1S/C27H30N4O4/c1-27(17-14-21-10-6-3-7-11-21)25(34)31(26(35)28-27)29-24(33)22-15-18-30(19-16-22)23(32)13-12-20-8-4-2-5-9-20/h2-13,22H,14-19H2,1H3,(H,28,35)(H,29,33)/b13-12+. The number of urea groups is 1. The quantitative estimate of drug-likeness (QED) is 0.476. The molecule has 4 rings (SSSR count). The highest BCUT2D eigenvalue weighted by molar-refractivity contribution is 6.07. The van der Waals surface area contributed by atoms with Crippen molar-refractivity contribution >= 4 is 29.8 Å². The lowest BCUT2D eigenvalue weighted by molar-refractivity contribution is -0.141. The van der Waals surface area contributed by atoms with E-state index in [1.54, 1.807) is 24.0 Å². The Bertz CT molecular complexity index is 1110. The maximum absolute atomic E-state index is 13.0. The van der Waals surface area contributed by atoms with Crippen LogP contribution in [0.15, 0.2) is 66.7 Å². The van der Waals surface area contributed by atoms with Gasteiger partial charge in [0.05, 0.1) is 0 Å². The van der Waals surface area contributed by atoms with Crippen molar-refractivity contribution in [2.45, 2.75) is 38.1 Å². The van der Waals surface area contributed by atoms with Crippen molar-refractivity contribution in [3.8, 4) is 0 Å². The molecule has 2 fully saturated rings. The van der Waals surface area contributed by atoms with E-state index in [1.807, 2.05) is 60.7 Å². The van der Waals surface area contributed by atoms with Crippen molar-refractivity contribution < 1.29 is 19.2 Å². The fourth-order valence-corrected chi connectivity index (χ4v) is 4.39. The molecule has 2 aromatic carbocycles. The molecule has 35 heavy (non-hydrogen) atoms. The Balaban J connectivity index is 1.27. The van der Waals surface area contributed by atoms with E-state index in [-0.39, 0.29) is 17.7 Å². The minimum absolute atomic E-state index is 0.101. The number of aryl methyl sites for hydroxylation is 1. The lowest BCUT2D eigenvalue weighted by Crippen LogP contribution is -2.52. The maximum atomic E-state index is 13.0. The summed E-state index contributed by atoms with van der Waals surface area (Å²) < 4.78 is 0. The van der Waals surface area contributed by atoms with E-state index < -0.39 is 17.5 Å². The number of piperidine rings is 1. The molecule has 1 atom stereocenters. The first-order valence-corrected chi connectivity index (χ1v) is 11.9. The van der Waals surface area contributed by atoms with E-state index in [2.05, 4.69) is 10.7 Å². The summed E-state index contributed by atoms with van der Waals surface area (Å²) in [5.74, 6) is -1.33. The molecule has 2 heterocycles. The van der Waals surface area contributed by atoms with Gasteiger partial charge in [0, 0.05) is 25.1 Å². The van der Waals surface area contributed by atoms with Gasteiger partial charge in [-0.2, -0.15) is 5.01 Å². The fourth-order valence-electron chi connectivity index (χ4n) is 4.39. The van der Waals surface area contributed by atoms with Crippen molar-refractivity contribution in [1.29, 1.82) is 0 Å². The molecular weight excluding hydrogens is 444 g/mol. The van der Waals surface area contributed by atoms with Crippen molar-refractivity contribution in [3.05, 3.63) is 77.9 Å². The molecule has 182 valence electrons. The Morgan fingerprint density at radius 3 is 2.31 bits per heavy atom. The minimum Gasteiger partial charge on any atom is -0.339 e. The third-order valence-corrected chi connectivity index (χ3v) is 6.63. The van der Waals surface area contributed by atoms with E-state index in [0.717, 1.165) is 16.1 Å². The van der Waals surface area contributed by atoms with Gasteiger partial charge in [0.1, 0.15) is 5.54 Å². The molecule has 0 aliphatic carbocycles. The van der Waals surface area contributed by atoms with Gasteiger partial charge < -0.3 is 10.2 Å². The Labute approximate surface area is 204 Å². The number of nitrogens with zero attached hydrogens (tertiary/aromatic N) is 2. The van der Waals surface area contributed by atoms with Crippen LogP contribution < -0.4 is 10.7 Å². The summed E-state index contributed by atoms with van der Waals surface area (Å²) in [5.41, 5.74) is 3.44. The predicted molar refractivity (Wildman–Crippen MR) is 131 cm³/mol. The molecule has 1 unspecified atom stereocenters.